The second-order valence-electron chi connectivity index (χ2n) is 3.46. The molecule has 0 spiro atoms. The summed E-state index contributed by atoms with van der Waals surface area (Å²) in [7, 11) is 0. The van der Waals surface area contributed by atoms with Crippen molar-refractivity contribution < 1.29 is 23.6 Å². The first-order valence-electron chi connectivity index (χ1n) is 5.25. The van der Waals surface area contributed by atoms with Crippen molar-refractivity contribution in [2.45, 2.75) is 0 Å². The Morgan fingerprint density at radius 2 is 2.29 bits per heavy atom. The van der Waals surface area contributed by atoms with Crippen molar-refractivity contribution in [1.29, 1.82) is 0 Å². The number of hydrogen-bond donors (Lipinski definition) is 0. The van der Waals surface area contributed by atoms with Crippen LogP contribution in [0.4, 0.5) is 10.5 Å². The van der Waals surface area contributed by atoms with Crippen molar-refractivity contribution in [3.8, 4) is 5.75 Å². The zero-order valence-electron chi connectivity index (χ0n) is 9.96. The summed E-state index contributed by atoms with van der Waals surface area (Å²) >= 11 is 8.91. The SMILES string of the molecule is O=C(OCCCl)Oc1c(Br)cc2oc(=O)sc2c1[N+](=O)[O-]. The van der Waals surface area contributed by atoms with Crippen LogP contribution in [0.1, 0.15) is 0 Å². The fraction of sp³-hybridized carbons (Fsp3) is 0.200. The number of nitro benzene ring substituents is 1. The van der Waals surface area contributed by atoms with Crippen molar-refractivity contribution in [3.05, 3.63) is 30.4 Å². The van der Waals surface area contributed by atoms with Gasteiger partial charge >= 0.3 is 16.8 Å². The highest BCUT2D eigenvalue weighted by molar-refractivity contribution is 9.10. The first-order chi connectivity index (χ1) is 9.93. The first-order valence-corrected chi connectivity index (χ1v) is 7.39. The number of hydrogen-bond acceptors (Lipinski definition) is 8. The molecular weight excluding hydrogens is 394 g/mol. The second kappa shape index (κ2) is 6.41. The minimum atomic E-state index is -1.14. The lowest BCUT2D eigenvalue weighted by Crippen LogP contribution is -2.13. The van der Waals surface area contributed by atoms with Gasteiger partial charge in [-0.25, -0.2) is 9.59 Å². The highest BCUT2D eigenvalue weighted by Crippen LogP contribution is 2.42. The Balaban J connectivity index is 2.53. The van der Waals surface area contributed by atoms with Gasteiger partial charge in [-0.15, -0.1) is 11.6 Å². The molecule has 0 unspecified atom stereocenters. The highest BCUT2D eigenvalue weighted by atomic mass is 79.9. The van der Waals surface area contributed by atoms with Gasteiger partial charge in [0.15, 0.2) is 10.3 Å². The van der Waals surface area contributed by atoms with Crippen LogP contribution in [0.15, 0.2) is 19.8 Å². The predicted octanol–water partition coefficient (Wildman–Crippen LogP) is 3.28. The average molecular weight is 399 g/mol. The van der Waals surface area contributed by atoms with E-state index in [0.29, 0.717) is 11.3 Å². The van der Waals surface area contributed by atoms with Crippen molar-refractivity contribution in [2.75, 3.05) is 12.5 Å². The molecule has 0 N–H and O–H groups in total. The summed E-state index contributed by atoms with van der Waals surface area (Å²) in [5.41, 5.74) is -0.539. The summed E-state index contributed by atoms with van der Waals surface area (Å²) in [6, 6.07) is 1.30. The molecule has 21 heavy (non-hydrogen) atoms. The lowest BCUT2D eigenvalue weighted by Gasteiger charge is -2.07. The maximum atomic E-state index is 11.4. The van der Waals surface area contributed by atoms with Gasteiger partial charge in [0.2, 0.25) is 5.75 Å². The van der Waals surface area contributed by atoms with Gasteiger partial charge in [-0.3, -0.25) is 10.1 Å². The van der Waals surface area contributed by atoms with Gasteiger partial charge in [0.05, 0.1) is 15.3 Å². The van der Waals surface area contributed by atoms with Crippen LogP contribution in [0.3, 0.4) is 0 Å². The number of ether oxygens (including phenoxy) is 2. The third kappa shape index (κ3) is 3.34. The molecule has 1 aromatic heterocycles. The maximum Gasteiger partial charge on any atom is 0.514 e. The Hall–Kier alpha value is -1.65. The van der Waals surface area contributed by atoms with Gasteiger partial charge in [-0.1, -0.05) is 0 Å². The molecule has 2 rings (SSSR count). The van der Waals surface area contributed by atoms with Crippen LogP contribution < -0.4 is 9.68 Å². The number of nitrogens with zero attached hydrogens (tertiary/aromatic N) is 1. The van der Waals surface area contributed by atoms with E-state index in [1.54, 1.807) is 0 Å². The predicted molar refractivity (Wildman–Crippen MR) is 77.4 cm³/mol. The van der Waals surface area contributed by atoms with Crippen LogP contribution in [0, 0.1) is 10.1 Å². The minimum Gasteiger partial charge on any atom is -0.433 e. The third-order valence-corrected chi connectivity index (χ3v) is 3.76. The molecular formula is C10H5BrClNO7S. The minimum absolute atomic E-state index is 0.0186. The maximum absolute atomic E-state index is 11.4. The number of fused-ring (bicyclic) bond motifs is 1. The number of halogens is 2. The molecule has 0 aliphatic carbocycles. The lowest BCUT2D eigenvalue weighted by molar-refractivity contribution is -0.383. The molecule has 112 valence electrons. The van der Waals surface area contributed by atoms with E-state index < -0.39 is 21.7 Å². The smallest absolute Gasteiger partial charge is 0.433 e. The van der Waals surface area contributed by atoms with Crippen LogP contribution in [0.25, 0.3) is 10.3 Å². The molecule has 1 heterocycles. The van der Waals surface area contributed by atoms with E-state index >= 15 is 0 Å². The third-order valence-electron chi connectivity index (χ3n) is 2.17. The van der Waals surface area contributed by atoms with E-state index in [-0.39, 0.29) is 33.0 Å². The summed E-state index contributed by atoms with van der Waals surface area (Å²) in [5, 5.41) is 11.2. The number of carbonyl (C=O) groups excluding carboxylic acids is 1. The molecule has 2 aromatic rings. The molecule has 0 saturated carbocycles. The first kappa shape index (κ1) is 15.7. The van der Waals surface area contributed by atoms with Crippen molar-refractivity contribution in [1.82, 2.24) is 0 Å². The molecule has 0 atom stereocenters. The van der Waals surface area contributed by atoms with Gasteiger partial charge in [-0.05, 0) is 27.3 Å². The molecule has 11 heteroatoms. The van der Waals surface area contributed by atoms with Crippen LogP contribution >= 0.6 is 38.9 Å². The van der Waals surface area contributed by atoms with Crippen LogP contribution in [0.5, 0.6) is 5.75 Å². The second-order valence-corrected chi connectivity index (χ2v) is 5.64. The van der Waals surface area contributed by atoms with Crippen LogP contribution in [-0.4, -0.2) is 23.6 Å². The van der Waals surface area contributed by atoms with E-state index in [0.717, 1.165) is 0 Å². The Kier molecular flexibility index (Phi) is 4.80. The van der Waals surface area contributed by atoms with Crippen LogP contribution in [-0.2, 0) is 4.74 Å². The number of alkyl halides is 1. The molecule has 8 nitrogen and oxygen atoms in total. The van der Waals surface area contributed by atoms with Gasteiger partial charge < -0.3 is 13.9 Å². The van der Waals surface area contributed by atoms with Crippen molar-refractivity contribution in [3.63, 3.8) is 0 Å². The van der Waals surface area contributed by atoms with E-state index in [4.69, 9.17) is 20.8 Å². The standard InChI is InChI=1S/C10H5BrClNO7S/c11-4-3-5-8(21-10(15)19-5)6(13(16)17)7(4)20-9(14)18-2-1-12/h3H,1-2H2. The van der Waals surface area contributed by atoms with Gasteiger partial charge in [0.25, 0.3) is 0 Å². The largest absolute Gasteiger partial charge is 0.514 e. The summed E-state index contributed by atoms with van der Waals surface area (Å²) < 4.78 is 14.2. The molecule has 0 aliphatic heterocycles. The Morgan fingerprint density at radius 1 is 1.57 bits per heavy atom. The van der Waals surface area contributed by atoms with E-state index in [1.807, 2.05) is 0 Å². The summed E-state index contributed by atoms with van der Waals surface area (Å²) in [6.07, 6.45) is -1.14. The van der Waals surface area contributed by atoms with Gasteiger partial charge in [-0.2, -0.15) is 0 Å². The number of rotatable bonds is 4. The molecule has 0 radical (unpaired) electrons. The number of carbonyl (C=O) groups is 1. The Morgan fingerprint density at radius 3 is 2.90 bits per heavy atom. The quantitative estimate of drug-likeness (QED) is 0.255. The number of benzene rings is 1. The molecule has 0 saturated heterocycles. The van der Waals surface area contributed by atoms with E-state index in [2.05, 4.69) is 20.7 Å². The molecule has 0 amide bonds. The van der Waals surface area contributed by atoms with E-state index in [1.165, 1.54) is 6.07 Å². The molecule has 1 aromatic carbocycles. The fourth-order valence-corrected chi connectivity index (χ4v) is 2.76. The fourth-order valence-electron chi connectivity index (χ4n) is 1.45. The number of nitro groups is 1. The normalized spacial score (nSPS) is 10.6. The van der Waals surface area contributed by atoms with Gasteiger partial charge in [0, 0.05) is 6.07 Å². The van der Waals surface area contributed by atoms with Crippen LogP contribution in [0.2, 0.25) is 0 Å². The molecule has 0 bridgehead atoms. The zero-order chi connectivity index (χ0) is 15.6. The Bertz CT molecular complexity index is 771. The molecule has 0 aliphatic rings. The van der Waals surface area contributed by atoms with Gasteiger partial charge in [0.1, 0.15) is 6.61 Å². The topological polar surface area (TPSA) is 109 Å². The summed E-state index contributed by atoms with van der Waals surface area (Å²) in [6.45, 7) is -0.104. The van der Waals surface area contributed by atoms with E-state index in [9.17, 15) is 19.7 Å². The lowest BCUT2D eigenvalue weighted by atomic mass is 10.3. The summed E-state index contributed by atoms with van der Waals surface area (Å²) in [4.78, 5) is 32.3. The Labute approximate surface area is 133 Å². The van der Waals surface area contributed by atoms with Crippen molar-refractivity contribution in [2.24, 2.45) is 0 Å². The molecule has 0 fully saturated rings. The monoisotopic (exact) mass is 397 g/mol. The summed E-state index contributed by atoms with van der Waals surface area (Å²) in [5.74, 6) is -0.315. The van der Waals surface area contributed by atoms with Crippen molar-refractivity contribution >= 4 is 61.0 Å². The highest BCUT2D eigenvalue weighted by Gasteiger charge is 2.29. The average Bonchev–Trinajstić information content (AvgIpc) is 2.76. The zero-order valence-corrected chi connectivity index (χ0v) is 13.1.